The molecule has 0 amide bonds. The zero-order valence-corrected chi connectivity index (χ0v) is 19.4. The summed E-state index contributed by atoms with van der Waals surface area (Å²) in [6, 6.07) is 13.4. The smallest absolute Gasteiger partial charge is 0.187 e. The fraction of sp³-hybridized carbons (Fsp3) is 0.583. The minimum Gasteiger partial charge on any atom is -0.394 e. The van der Waals surface area contributed by atoms with Crippen molar-refractivity contribution in [1.82, 2.24) is 0 Å². The number of aliphatic hydroxyl groups excluding tert-OH is 7. The van der Waals surface area contributed by atoms with Gasteiger partial charge in [0.2, 0.25) is 0 Å². The Morgan fingerprint density at radius 1 is 0.750 bits per heavy atom. The van der Waals surface area contributed by atoms with Gasteiger partial charge >= 0.3 is 0 Å². The fourth-order valence-corrected chi connectivity index (χ4v) is 4.40. The zero-order valence-electron chi connectivity index (χ0n) is 19.4. The van der Waals surface area contributed by atoms with Gasteiger partial charge in [0.05, 0.1) is 19.3 Å². The molecule has 11 atom stereocenters. The highest BCUT2D eigenvalue weighted by atomic mass is 16.7. The van der Waals surface area contributed by atoms with Crippen molar-refractivity contribution in [3.8, 4) is 0 Å². The molecule has 0 saturated carbocycles. The predicted molar refractivity (Wildman–Crippen MR) is 123 cm³/mol. The van der Waals surface area contributed by atoms with Gasteiger partial charge in [-0.1, -0.05) is 36.4 Å². The summed E-state index contributed by atoms with van der Waals surface area (Å²) in [5, 5.41) is 72.5. The van der Waals surface area contributed by atoms with Crippen LogP contribution >= 0.6 is 0 Å². The largest absolute Gasteiger partial charge is 0.394 e. The molecule has 12 nitrogen and oxygen atoms in total. The van der Waals surface area contributed by atoms with E-state index in [1.54, 1.807) is 0 Å². The van der Waals surface area contributed by atoms with E-state index < -0.39 is 80.7 Å². The summed E-state index contributed by atoms with van der Waals surface area (Å²) >= 11 is 0. The molecule has 9 N–H and O–H groups in total. The molecule has 36 heavy (non-hydrogen) atoms. The summed E-state index contributed by atoms with van der Waals surface area (Å²) < 4.78 is 22.3. The zero-order chi connectivity index (χ0) is 26.0. The molecule has 0 aliphatic carbocycles. The van der Waals surface area contributed by atoms with E-state index in [9.17, 15) is 35.7 Å². The Balaban J connectivity index is 1.44. The topological polar surface area (TPSA) is 205 Å². The highest BCUT2D eigenvalue weighted by Gasteiger charge is 2.47. The van der Waals surface area contributed by atoms with Crippen molar-refractivity contribution in [3.05, 3.63) is 48.0 Å². The number of hydrogen-bond acceptors (Lipinski definition) is 12. The first-order chi connectivity index (χ1) is 17.2. The lowest BCUT2D eigenvalue weighted by molar-refractivity contribution is -0.335. The van der Waals surface area contributed by atoms with Crippen molar-refractivity contribution in [3.63, 3.8) is 0 Å². The normalized spacial score (nSPS) is 38.2. The molecule has 0 spiro atoms. The number of hydrogen-bond donors (Lipinski definition) is 8. The van der Waals surface area contributed by atoms with E-state index in [-0.39, 0.29) is 6.54 Å². The Labute approximate surface area is 207 Å². The van der Waals surface area contributed by atoms with Gasteiger partial charge in [0.15, 0.2) is 12.6 Å². The van der Waals surface area contributed by atoms with Crippen LogP contribution in [0.2, 0.25) is 0 Å². The summed E-state index contributed by atoms with van der Waals surface area (Å²) in [4.78, 5) is 0. The van der Waals surface area contributed by atoms with E-state index in [4.69, 9.17) is 24.7 Å². The van der Waals surface area contributed by atoms with E-state index in [1.807, 2.05) is 42.5 Å². The highest BCUT2D eigenvalue weighted by molar-refractivity contribution is 5.83. The van der Waals surface area contributed by atoms with Crippen molar-refractivity contribution < 1.29 is 54.7 Å². The molecule has 0 bridgehead atoms. The summed E-state index contributed by atoms with van der Waals surface area (Å²) in [7, 11) is 0. The Hall–Kier alpha value is -1.78. The third-order valence-corrected chi connectivity index (χ3v) is 6.60. The van der Waals surface area contributed by atoms with Gasteiger partial charge in [0, 0.05) is 6.54 Å². The van der Waals surface area contributed by atoms with Crippen LogP contribution in [-0.4, -0.2) is 117 Å². The second-order valence-corrected chi connectivity index (χ2v) is 9.01. The van der Waals surface area contributed by atoms with E-state index in [1.165, 1.54) is 0 Å². The minimum absolute atomic E-state index is 0.0373. The van der Waals surface area contributed by atoms with E-state index >= 15 is 0 Å². The average molecular weight is 512 g/mol. The highest BCUT2D eigenvalue weighted by Crippen LogP contribution is 2.30. The van der Waals surface area contributed by atoms with Crippen molar-refractivity contribution in [2.24, 2.45) is 5.73 Å². The Morgan fingerprint density at radius 2 is 1.36 bits per heavy atom. The second-order valence-electron chi connectivity index (χ2n) is 9.01. The molecular weight excluding hydrogens is 478 g/mol. The monoisotopic (exact) mass is 511 g/mol. The van der Waals surface area contributed by atoms with E-state index in [0.717, 1.165) is 16.3 Å². The van der Waals surface area contributed by atoms with Crippen LogP contribution in [0.15, 0.2) is 42.5 Å². The number of aliphatic hydroxyl groups is 7. The van der Waals surface area contributed by atoms with Crippen molar-refractivity contribution >= 4 is 10.8 Å². The second kappa shape index (κ2) is 11.7. The number of benzene rings is 2. The number of fused-ring (bicyclic) bond motifs is 1. The summed E-state index contributed by atoms with van der Waals surface area (Å²) in [5.74, 6) is 0. The fourth-order valence-electron chi connectivity index (χ4n) is 4.40. The number of rotatable bonds is 8. The van der Waals surface area contributed by atoms with Gasteiger partial charge in [-0.2, -0.15) is 0 Å². The van der Waals surface area contributed by atoms with Gasteiger partial charge in [-0.05, 0) is 22.4 Å². The summed E-state index contributed by atoms with van der Waals surface area (Å²) in [6.07, 6.45) is -15.6. The molecule has 2 heterocycles. The molecule has 0 radical (unpaired) electrons. The van der Waals surface area contributed by atoms with Gasteiger partial charge in [0.25, 0.3) is 0 Å². The minimum atomic E-state index is -1.65. The molecule has 2 saturated heterocycles. The van der Waals surface area contributed by atoms with Crippen LogP contribution in [0.25, 0.3) is 10.8 Å². The lowest BCUT2D eigenvalue weighted by atomic mass is 9.98. The van der Waals surface area contributed by atoms with Gasteiger partial charge < -0.3 is 60.4 Å². The molecule has 0 aromatic heterocycles. The molecular formula is C24H33NO11. The number of nitrogens with two attached hydrogens (primary N) is 1. The Kier molecular flexibility index (Phi) is 8.88. The molecule has 4 rings (SSSR count). The SMILES string of the molecule is NCC(O[C@@H]1O[C@H](CO[C@@H]2O[C@H](CO)[C@@H](O)[C@H](O)[C@H]2O)[C@@H](O)[C@H](O)[C@H]1O)c1ccc2ccccc2c1. The van der Waals surface area contributed by atoms with Gasteiger partial charge in [-0.15, -0.1) is 0 Å². The molecule has 2 aromatic rings. The molecule has 200 valence electrons. The van der Waals surface area contributed by atoms with Gasteiger partial charge in [-0.3, -0.25) is 0 Å². The molecule has 2 fully saturated rings. The van der Waals surface area contributed by atoms with Crippen LogP contribution in [-0.2, 0) is 18.9 Å². The van der Waals surface area contributed by atoms with E-state index in [2.05, 4.69) is 0 Å². The van der Waals surface area contributed by atoms with Crippen LogP contribution in [0.3, 0.4) is 0 Å². The Morgan fingerprint density at radius 3 is 2.03 bits per heavy atom. The average Bonchev–Trinajstić information content (AvgIpc) is 2.90. The quantitative estimate of drug-likeness (QED) is 0.185. The molecule has 1 unspecified atom stereocenters. The maximum atomic E-state index is 10.5. The molecule has 2 aliphatic rings. The van der Waals surface area contributed by atoms with Gasteiger partial charge in [-0.25, -0.2) is 0 Å². The number of ether oxygens (including phenoxy) is 4. The van der Waals surface area contributed by atoms with Gasteiger partial charge in [0.1, 0.15) is 48.8 Å². The van der Waals surface area contributed by atoms with E-state index in [0.29, 0.717) is 0 Å². The summed E-state index contributed by atoms with van der Waals surface area (Å²) in [6.45, 7) is -1.05. The maximum absolute atomic E-state index is 10.5. The van der Waals surface area contributed by atoms with Crippen molar-refractivity contribution in [1.29, 1.82) is 0 Å². The van der Waals surface area contributed by atoms with Crippen molar-refractivity contribution in [2.45, 2.75) is 67.5 Å². The van der Waals surface area contributed by atoms with Crippen LogP contribution in [0.1, 0.15) is 11.7 Å². The Bertz CT molecular complexity index is 993. The van der Waals surface area contributed by atoms with Crippen LogP contribution < -0.4 is 5.73 Å². The molecule has 12 heteroatoms. The standard InChI is InChI=1S/C24H33NO11/c25-8-14(13-6-5-11-3-1-2-4-12(11)7-13)34-24-22(32)20(30)18(28)16(36-24)10-33-23-21(31)19(29)17(27)15(9-26)35-23/h1-7,14-24,26-32H,8-10,25H2/t14?,15-,16-,17-,18-,19+,20+,21-,22-,23-,24-/m1/s1. The molecule has 2 aromatic carbocycles. The first-order valence-corrected chi connectivity index (χ1v) is 11.7. The van der Waals surface area contributed by atoms with Crippen LogP contribution in [0.5, 0.6) is 0 Å². The molecule has 2 aliphatic heterocycles. The first-order valence-electron chi connectivity index (χ1n) is 11.7. The predicted octanol–water partition coefficient (Wildman–Crippen LogP) is -2.52. The van der Waals surface area contributed by atoms with Crippen molar-refractivity contribution in [2.75, 3.05) is 19.8 Å². The first kappa shape index (κ1) is 27.3. The lowest BCUT2D eigenvalue weighted by Gasteiger charge is -2.43. The third kappa shape index (κ3) is 5.55. The summed E-state index contributed by atoms with van der Waals surface area (Å²) in [5.41, 5.74) is 6.65. The maximum Gasteiger partial charge on any atom is 0.187 e. The van der Waals surface area contributed by atoms with Crippen LogP contribution in [0.4, 0.5) is 0 Å². The third-order valence-electron chi connectivity index (χ3n) is 6.60. The lowest BCUT2D eigenvalue weighted by Crippen LogP contribution is -2.61. The van der Waals surface area contributed by atoms with Crippen LogP contribution in [0, 0.1) is 0 Å².